The Morgan fingerprint density at radius 2 is 2.00 bits per heavy atom. The third-order valence-electron chi connectivity index (χ3n) is 3.90. The van der Waals surface area contributed by atoms with E-state index >= 15 is 0 Å². The minimum absolute atomic E-state index is 0.614. The first-order chi connectivity index (χ1) is 8.69. The number of nitrogens with one attached hydrogen (secondary N) is 1. The van der Waals surface area contributed by atoms with Crippen molar-refractivity contribution in [3.8, 4) is 0 Å². The van der Waals surface area contributed by atoms with Gasteiger partial charge in [-0.05, 0) is 49.5 Å². The lowest BCUT2D eigenvalue weighted by Crippen LogP contribution is -2.41. The third kappa shape index (κ3) is 3.49. The molecule has 1 aliphatic heterocycles. The van der Waals surface area contributed by atoms with Gasteiger partial charge < -0.3 is 10.2 Å². The highest BCUT2D eigenvalue weighted by Crippen LogP contribution is 2.19. The number of hydrogen-bond acceptors (Lipinski definition) is 2. The number of likely N-dealkylation sites (N-methyl/N-ethyl adjacent to an activating group) is 1. The summed E-state index contributed by atoms with van der Waals surface area (Å²) in [7, 11) is 0. The zero-order valence-corrected chi connectivity index (χ0v) is 11.9. The Morgan fingerprint density at radius 1 is 1.28 bits per heavy atom. The van der Waals surface area contributed by atoms with E-state index in [4.69, 9.17) is 0 Å². The van der Waals surface area contributed by atoms with Crippen molar-refractivity contribution in [2.75, 3.05) is 25.0 Å². The topological polar surface area (TPSA) is 15.3 Å². The summed E-state index contributed by atoms with van der Waals surface area (Å²) in [5, 5.41) is 3.67. The molecule has 18 heavy (non-hydrogen) atoms. The fourth-order valence-corrected chi connectivity index (χ4v) is 2.66. The van der Waals surface area contributed by atoms with Crippen LogP contribution in [0.4, 0.5) is 5.69 Å². The SMILES string of the molecule is CCN1CCC[C@H](Nc2ccc(C(C)C)cc2)C1. The van der Waals surface area contributed by atoms with Crippen molar-refractivity contribution in [1.82, 2.24) is 4.90 Å². The monoisotopic (exact) mass is 246 g/mol. The molecule has 1 aromatic rings. The van der Waals surface area contributed by atoms with Gasteiger partial charge in [-0.1, -0.05) is 32.9 Å². The van der Waals surface area contributed by atoms with E-state index in [2.05, 4.69) is 55.3 Å². The van der Waals surface area contributed by atoms with Gasteiger partial charge in [-0.2, -0.15) is 0 Å². The Hall–Kier alpha value is -1.02. The summed E-state index contributed by atoms with van der Waals surface area (Å²) in [6.45, 7) is 10.3. The first-order valence-electron chi connectivity index (χ1n) is 7.28. The van der Waals surface area contributed by atoms with Crippen LogP contribution in [0.2, 0.25) is 0 Å². The first kappa shape index (κ1) is 13.4. The summed E-state index contributed by atoms with van der Waals surface area (Å²) in [5.41, 5.74) is 2.68. The van der Waals surface area contributed by atoms with E-state index in [0.717, 1.165) is 0 Å². The van der Waals surface area contributed by atoms with Crippen LogP contribution >= 0.6 is 0 Å². The van der Waals surface area contributed by atoms with Crippen molar-refractivity contribution < 1.29 is 0 Å². The molecule has 1 atom stereocenters. The van der Waals surface area contributed by atoms with E-state index in [-0.39, 0.29) is 0 Å². The summed E-state index contributed by atoms with van der Waals surface area (Å²) >= 11 is 0. The average molecular weight is 246 g/mol. The molecule has 0 radical (unpaired) electrons. The molecule has 2 rings (SSSR count). The van der Waals surface area contributed by atoms with Crippen molar-refractivity contribution in [2.24, 2.45) is 0 Å². The molecule has 0 bridgehead atoms. The van der Waals surface area contributed by atoms with Gasteiger partial charge in [0.2, 0.25) is 0 Å². The van der Waals surface area contributed by atoms with Gasteiger partial charge in [-0.3, -0.25) is 0 Å². The molecular formula is C16H26N2. The van der Waals surface area contributed by atoms with E-state index in [0.29, 0.717) is 12.0 Å². The first-order valence-corrected chi connectivity index (χ1v) is 7.28. The van der Waals surface area contributed by atoms with Crippen LogP contribution in [0.1, 0.15) is 45.1 Å². The van der Waals surface area contributed by atoms with Crippen molar-refractivity contribution in [3.05, 3.63) is 29.8 Å². The van der Waals surface area contributed by atoms with Crippen molar-refractivity contribution in [3.63, 3.8) is 0 Å². The number of likely N-dealkylation sites (tertiary alicyclic amines) is 1. The molecule has 0 aromatic heterocycles. The van der Waals surface area contributed by atoms with Gasteiger partial charge in [0.05, 0.1) is 0 Å². The van der Waals surface area contributed by atoms with Crippen LogP contribution in [0.3, 0.4) is 0 Å². The Bertz CT molecular complexity index is 356. The maximum atomic E-state index is 3.67. The van der Waals surface area contributed by atoms with Crippen LogP contribution in [-0.4, -0.2) is 30.6 Å². The van der Waals surface area contributed by atoms with Gasteiger partial charge in [-0.25, -0.2) is 0 Å². The number of nitrogens with zero attached hydrogens (tertiary/aromatic N) is 1. The lowest BCUT2D eigenvalue weighted by molar-refractivity contribution is 0.227. The lowest BCUT2D eigenvalue weighted by Gasteiger charge is -2.32. The highest BCUT2D eigenvalue weighted by Gasteiger charge is 2.18. The largest absolute Gasteiger partial charge is 0.381 e. The smallest absolute Gasteiger partial charge is 0.0388 e. The Balaban J connectivity index is 1.92. The fourth-order valence-electron chi connectivity index (χ4n) is 2.66. The number of hydrogen-bond donors (Lipinski definition) is 1. The molecule has 0 aliphatic carbocycles. The van der Waals surface area contributed by atoms with Gasteiger partial charge in [0.1, 0.15) is 0 Å². The van der Waals surface area contributed by atoms with Gasteiger partial charge in [-0.15, -0.1) is 0 Å². The molecule has 2 heteroatoms. The van der Waals surface area contributed by atoms with Crippen molar-refractivity contribution in [2.45, 2.75) is 45.6 Å². The maximum Gasteiger partial charge on any atom is 0.0388 e. The maximum absolute atomic E-state index is 3.67. The van der Waals surface area contributed by atoms with Gasteiger partial charge in [0, 0.05) is 18.3 Å². The van der Waals surface area contributed by atoms with E-state index < -0.39 is 0 Å². The highest BCUT2D eigenvalue weighted by molar-refractivity contribution is 5.46. The standard InChI is InChI=1S/C16H26N2/c1-4-18-11-5-6-16(12-18)17-15-9-7-14(8-10-15)13(2)3/h7-10,13,16-17H,4-6,11-12H2,1-3H3/t16-/m0/s1. The van der Waals surface area contributed by atoms with Crippen LogP contribution in [0, 0.1) is 0 Å². The zero-order valence-electron chi connectivity index (χ0n) is 11.9. The Labute approximate surface area is 111 Å². The quantitative estimate of drug-likeness (QED) is 0.871. The van der Waals surface area contributed by atoms with Gasteiger partial charge >= 0.3 is 0 Å². The molecule has 1 aliphatic rings. The van der Waals surface area contributed by atoms with E-state index in [9.17, 15) is 0 Å². The lowest BCUT2D eigenvalue weighted by atomic mass is 10.0. The summed E-state index contributed by atoms with van der Waals surface area (Å²) in [6, 6.07) is 9.55. The number of rotatable bonds is 4. The fraction of sp³-hybridized carbons (Fsp3) is 0.625. The van der Waals surface area contributed by atoms with E-state index in [1.54, 1.807) is 0 Å². The Morgan fingerprint density at radius 3 is 2.61 bits per heavy atom. The molecule has 0 unspecified atom stereocenters. The molecule has 1 N–H and O–H groups in total. The number of piperidine rings is 1. The molecule has 1 fully saturated rings. The molecule has 2 nitrogen and oxygen atoms in total. The second-order valence-corrected chi connectivity index (χ2v) is 5.65. The molecule has 0 amide bonds. The molecule has 1 aromatic carbocycles. The third-order valence-corrected chi connectivity index (χ3v) is 3.90. The van der Waals surface area contributed by atoms with Crippen LogP contribution in [0.25, 0.3) is 0 Å². The minimum Gasteiger partial charge on any atom is -0.381 e. The second kappa shape index (κ2) is 6.24. The summed E-state index contributed by atoms with van der Waals surface area (Å²) in [4.78, 5) is 2.53. The van der Waals surface area contributed by atoms with E-state index in [1.165, 1.54) is 43.7 Å². The number of anilines is 1. The molecule has 1 saturated heterocycles. The predicted octanol–water partition coefficient (Wildman–Crippen LogP) is 3.71. The second-order valence-electron chi connectivity index (χ2n) is 5.65. The molecule has 0 saturated carbocycles. The summed E-state index contributed by atoms with van der Waals surface area (Å²) in [5.74, 6) is 0.615. The normalized spacial score (nSPS) is 21.2. The van der Waals surface area contributed by atoms with Crippen molar-refractivity contribution in [1.29, 1.82) is 0 Å². The summed E-state index contributed by atoms with van der Waals surface area (Å²) < 4.78 is 0. The summed E-state index contributed by atoms with van der Waals surface area (Å²) in [6.07, 6.45) is 2.61. The van der Waals surface area contributed by atoms with Crippen LogP contribution in [0.15, 0.2) is 24.3 Å². The molecule has 100 valence electrons. The van der Waals surface area contributed by atoms with E-state index in [1.807, 2.05) is 0 Å². The molecular weight excluding hydrogens is 220 g/mol. The highest BCUT2D eigenvalue weighted by atomic mass is 15.2. The Kier molecular flexibility index (Phi) is 4.65. The predicted molar refractivity (Wildman–Crippen MR) is 79.3 cm³/mol. The van der Waals surface area contributed by atoms with Gasteiger partial charge in [0.15, 0.2) is 0 Å². The zero-order chi connectivity index (χ0) is 13.0. The number of benzene rings is 1. The average Bonchev–Trinajstić information content (AvgIpc) is 2.39. The minimum atomic E-state index is 0.614. The molecule has 0 spiro atoms. The van der Waals surface area contributed by atoms with Crippen LogP contribution in [-0.2, 0) is 0 Å². The van der Waals surface area contributed by atoms with Gasteiger partial charge in [0.25, 0.3) is 0 Å². The molecule has 1 heterocycles. The van der Waals surface area contributed by atoms with Crippen molar-refractivity contribution >= 4 is 5.69 Å². The van der Waals surface area contributed by atoms with Crippen LogP contribution < -0.4 is 5.32 Å². The van der Waals surface area contributed by atoms with Crippen LogP contribution in [0.5, 0.6) is 0 Å².